The lowest BCUT2D eigenvalue weighted by atomic mass is 10.1. The number of H-pyrrole nitrogens is 1. The average molecular weight is 531 g/mol. The number of hydrogen-bond acceptors (Lipinski definition) is 9. The molecule has 36 heavy (non-hydrogen) atoms. The summed E-state index contributed by atoms with van der Waals surface area (Å²) < 4.78 is 0. The van der Waals surface area contributed by atoms with Crippen LogP contribution in [0.1, 0.15) is 31.4 Å². The molecule has 9 N–H and O–H groups in total. The molecule has 1 rings (SSSR count). The fraction of sp³-hybridized carbons (Fsp3) is 0.550. The molecule has 0 aliphatic heterocycles. The van der Waals surface area contributed by atoms with Gasteiger partial charge in [-0.15, -0.1) is 0 Å². The number of carboxylic acid groups (broad SMARTS) is 3. The van der Waals surface area contributed by atoms with E-state index < -0.39 is 66.2 Å². The number of aromatic amines is 1. The Bertz CT molecular complexity index is 927. The van der Waals surface area contributed by atoms with E-state index in [0.717, 1.165) is 0 Å². The number of imidazole rings is 1. The van der Waals surface area contributed by atoms with Gasteiger partial charge in [-0.25, -0.2) is 9.78 Å². The molecule has 3 amide bonds. The van der Waals surface area contributed by atoms with Crippen LogP contribution in [0.2, 0.25) is 0 Å². The van der Waals surface area contributed by atoms with E-state index in [1.165, 1.54) is 24.3 Å². The number of carboxylic acids is 3. The minimum Gasteiger partial charge on any atom is -0.481 e. The molecule has 0 radical (unpaired) electrons. The molecule has 1 heterocycles. The zero-order chi connectivity index (χ0) is 27.3. The average Bonchev–Trinajstić information content (AvgIpc) is 3.31. The van der Waals surface area contributed by atoms with Gasteiger partial charge in [-0.1, -0.05) is 0 Å². The molecule has 0 aromatic carbocycles. The summed E-state index contributed by atoms with van der Waals surface area (Å²) in [6, 6.07) is -5.40. The first-order valence-corrected chi connectivity index (χ1v) is 12.1. The molecule has 0 saturated carbocycles. The molecule has 0 aliphatic rings. The van der Waals surface area contributed by atoms with Crippen LogP contribution in [0, 0.1) is 0 Å². The number of amides is 3. The van der Waals surface area contributed by atoms with Crippen LogP contribution in [0.25, 0.3) is 0 Å². The van der Waals surface area contributed by atoms with Crippen LogP contribution in [-0.4, -0.2) is 97.1 Å². The third-order valence-electron chi connectivity index (χ3n) is 4.85. The van der Waals surface area contributed by atoms with E-state index in [0.29, 0.717) is 11.4 Å². The molecular formula is C20H30N6O9S. The van der Waals surface area contributed by atoms with Crippen molar-refractivity contribution >= 4 is 47.4 Å². The van der Waals surface area contributed by atoms with Crippen molar-refractivity contribution in [2.75, 3.05) is 12.0 Å². The van der Waals surface area contributed by atoms with Crippen LogP contribution in [0.15, 0.2) is 12.5 Å². The zero-order valence-electron chi connectivity index (χ0n) is 19.4. The smallest absolute Gasteiger partial charge is 0.326 e. The number of nitrogens with one attached hydrogen (secondary N) is 4. The fourth-order valence-electron chi connectivity index (χ4n) is 2.94. The van der Waals surface area contributed by atoms with Gasteiger partial charge in [0.1, 0.15) is 18.1 Å². The Morgan fingerprint density at radius 1 is 0.944 bits per heavy atom. The molecular weight excluding hydrogens is 500 g/mol. The summed E-state index contributed by atoms with van der Waals surface area (Å²) >= 11 is 1.39. The van der Waals surface area contributed by atoms with Crippen LogP contribution in [0.4, 0.5) is 0 Å². The van der Waals surface area contributed by atoms with Gasteiger partial charge in [-0.05, 0) is 24.9 Å². The maximum absolute atomic E-state index is 13.0. The van der Waals surface area contributed by atoms with Gasteiger partial charge in [-0.2, -0.15) is 11.8 Å². The summed E-state index contributed by atoms with van der Waals surface area (Å²) in [4.78, 5) is 77.9. The van der Waals surface area contributed by atoms with Crippen LogP contribution < -0.4 is 21.7 Å². The first kappa shape index (κ1) is 30.4. The van der Waals surface area contributed by atoms with Gasteiger partial charge < -0.3 is 42.0 Å². The van der Waals surface area contributed by atoms with Crippen molar-refractivity contribution < 1.29 is 44.1 Å². The molecule has 1 aromatic heterocycles. The molecule has 0 fully saturated rings. The quantitative estimate of drug-likeness (QED) is 0.108. The third-order valence-corrected chi connectivity index (χ3v) is 5.50. The summed E-state index contributed by atoms with van der Waals surface area (Å²) in [5, 5.41) is 33.9. The maximum Gasteiger partial charge on any atom is 0.326 e. The second kappa shape index (κ2) is 15.4. The molecule has 15 nitrogen and oxygen atoms in total. The Labute approximate surface area is 210 Å². The van der Waals surface area contributed by atoms with Gasteiger partial charge in [0.05, 0.1) is 18.8 Å². The van der Waals surface area contributed by atoms with Gasteiger partial charge in [0.2, 0.25) is 17.7 Å². The number of rotatable bonds is 17. The standard InChI is InChI=1S/C20H30N6O9S/c1-36-5-4-12(24-17(31)11(21)2-3-15(27)28)18(32)25-13(6-10-8-22-9-23-10)19(33)26-14(20(34)35)7-16(29)30/h8-9,11-14H,2-7,21H2,1H3,(H,22,23)(H,24,31)(H,25,32)(H,26,33)(H,27,28)(H,29,30)(H,34,35). The van der Waals surface area contributed by atoms with Gasteiger partial charge in [0.15, 0.2) is 0 Å². The van der Waals surface area contributed by atoms with Gasteiger partial charge in [0.25, 0.3) is 0 Å². The summed E-state index contributed by atoms with van der Waals surface area (Å²) in [7, 11) is 0. The largest absolute Gasteiger partial charge is 0.481 e. The Balaban J connectivity index is 3.03. The van der Waals surface area contributed by atoms with E-state index in [1.54, 1.807) is 6.26 Å². The Morgan fingerprint density at radius 3 is 2.08 bits per heavy atom. The highest BCUT2D eigenvalue weighted by Crippen LogP contribution is 2.06. The monoisotopic (exact) mass is 530 g/mol. The van der Waals surface area contributed by atoms with Crippen molar-refractivity contribution in [2.45, 2.75) is 56.3 Å². The van der Waals surface area contributed by atoms with E-state index in [-0.39, 0.29) is 25.7 Å². The van der Waals surface area contributed by atoms with Crippen molar-refractivity contribution in [2.24, 2.45) is 5.73 Å². The molecule has 16 heteroatoms. The number of carbonyl (C=O) groups excluding carboxylic acids is 3. The second-order valence-electron chi connectivity index (χ2n) is 7.72. The molecule has 0 spiro atoms. The Morgan fingerprint density at radius 2 is 1.56 bits per heavy atom. The van der Waals surface area contributed by atoms with E-state index >= 15 is 0 Å². The lowest BCUT2D eigenvalue weighted by Crippen LogP contribution is -2.58. The lowest BCUT2D eigenvalue weighted by molar-refractivity contribution is -0.147. The van der Waals surface area contributed by atoms with Crippen molar-refractivity contribution in [1.29, 1.82) is 0 Å². The van der Waals surface area contributed by atoms with Crippen LogP contribution >= 0.6 is 11.8 Å². The maximum atomic E-state index is 13.0. The molecule has 4 atom stereocenters. The van der Waals surface area contributed by atoms with Gasteiger partial charge >= 0.3 is 17.9 Å². The van der Waals surface area contributed by atoms with E-state index in [9.17, 15) is 33.9 Å². The predicted octanol–water partition coefficient (Wildman–Crippen LogP) is -2.09. The number of aliphatic carboxylic acids is 3. The topological polar surface area (TPSA) is 254 Å². The van der Waals surface area contributed by atoms with Crippen molar-refractivity contribution in [3.63, 3.8) is 0 Å². The molecule has 0 aliphatic carbocycles. The molecule has 0 saturated heterocycles. The van der Waals surface area contributed by atoms with E-state index in [1.807, 2.05) is 0 Å². The third kappa shape index (κ3) is 11.2. The Kier molecular flexibility index (Phi) is 13.0. The molecule has 4 unspecified atom stereocenters. The summed E-state index contributed by atoms with van der Waals surface area (Å²) in [5.74, 6) is -6.19. The van der Waals surface area contributed by atoms with E-state index in [2.05, 4.69) is 25.9 Å². The van der Waals surface area contributed by atoms with Crippen LogP contribution in [-0.2, 0) is 35.2 Å². The predicted molar refractivity (Wildman–Crippen MR) is 126 cm³/mol. The van der Waals surface area contributed by atoms with Crippen molar-refractivity contribution in [3.8, 4) is 0 Å². The number of nitrogens with zero attached hydrogens (tertiary/aromatic N) is 1. The minimum atomic E-state index is -1.74. The second-order valence-corrected chi connectivity index (χ2v) is 8.71. The van der Waals surface area contributed by atoms with Crippen LogP contribution in [0.5, 0.6) is 0 Å². The fourth-order valence-corrected chi connectivity index (χ4v) is 3.41. The highest BCUT2D eigenvalue weighted by atomic mass is 32.2. The number of thioether (sulfide) groups is 1. The summed E-state index contributed by atoms with van der Waals surface area (Å²) in [6.45, 7) is 0. The minimum absolute atomic E-state index is 0.141. The highest BCUT2D eigenvalue weighted by molar-refractivity contribution is 7.98. The number of aromatic nitrogens is 2. The molecule has 0 bridgehead atoms. The van der Waals surface area contributed by atoms with Crippen molar-refractivity contribution in [1.82, 2.24) is 25.9 Å². The first-order valence-electron chi connectivity index (χ1n) is 10.7. The molecule has 1 aromatic rings. The summed E-state index contributed by atoms with van der Waals surface area (Å²) in [5.41, 5.74) is 6.13. The Hall–Kier alpha value is -3.66. The summed E-state index contributed by atoms with van der Waals surface area (Å²) in [6.07, 6.45) is 3.12. The van der Waals surface area contributed by atoms with E-state index in [4.69, 9.17) is 15.9 Å². The lowest BCUT2D eigenvalue weighted by Gasteiger charge is -2.24. The van der Waals surface area contributed by atoms with Crippen LogP contribution in [0.3, 0.4) is 0 Å². The zero-order valence-corrected chi connectivity index (χ0v) is 20.2. The number of nitrogens with two attached hydrogens (primary N) is 1. The number of carbonyl (C=O) groups is 6. The van der Waals surface area contributed by atoms with Gasteiger partial charge in [0, 0.05) is 24.7 Å². The van der Waals surface area contributed by atoms with Gasteiger partial charge in [-0.3, -0.25) is 24.0 Å². The highest BCUT2D eigenvalue weighted by Gasteiger charge is 2.31. The SMILES string of the molecule is CSCCC(NC(=O)C(N)CCC(=O)O)C(=O)NC(Cc1cnc[nH]1)C(=O)NC(CC(=O)O)C(=O)O. The normalized spacial score (nSPS) is 14.1. The molecule has 200 valence electrons. The number of hydrogen-bond donors (Lipinski definition) is 8. The van der Waals surface area contributed by atoms with Crippen molar-refractivity contribution in [3.05, 3.63) is 18.2 Å². The first-order chi connectivity index (χ1) is 16.9.